The molecule has 8 heteroatoms. The van der Waals surface area contributed by atoms with Crippen molar-refractivity contribution in [1.29, 1.82) is 0 Å². The van der Waals surface area contributed by atoms with Crippen LogP contribution in [-0.2, 0) is 20.0 Å². The highest BCUT2D eigenvalue weighted by Gasteiger charge is 2.37. The molecule has 0 aromatic heterocycles. The Hall–Kier alpha value is -0.180. The minimum absolute atomic E-state index is 0.552. The molecule has 0 bridgehead atoms. The van der Waals surface area contributed by atoms with Gasteiger partial charge in [0, 0.05) is 18.1 Å². The maximum Gasteiger partial charge on any atom is 0.228 e. The predicted molar refractivity (Wildman–Crippen MR) is 77.7 cm³/mol. The van der Waals surface area contributed by atoms with Crippen LogP contribution < -0.4 is 0 Å². The zero-order valence-corrected chi connectivity index (χ0v) is 14.7. The fourth-order valence-corrected chi connectivity index (χ4v) is 5.29. The van der Waals surface area contributed by atoms with Crippen LogP contribution >= 0.6 is 0 Å². The molecule has 0 rings (SSSR count). The standard InChI is InChI=1S/C11H26N2O4S2/c1-10(2,3)12(7)19(16,17)9-13(11(4,5)6)18(8,14)15/h9H2,1-8H3. The number of rotatable bonds is 4. The van der Waals surface area contributed by atoms with Crippen molar-refractivity contribution < 1.29 is 16.8 Å². The molecular weight excluding hydrogens is 288 g/mol. The molecule has 0 atom stereocenters. The first kappa shape index (κ1) is 18.8. The molecule has 0 radical (unpaired) electrons. The number of sulfonamides is 2. The van der Waals surface area contributed by atoms with Crippen molar-refractivity contribution in [3.05, 3.63) is 0 Å². The Labute approximate surface area is 117 Å². The lowest BCUT2D eigenvalue weighted by Gasteiger charge is -2.37. The van der Waals surface area contributed by atoms with Gasteiger partial charge >= 0.3 is 0 Å². The first-order chi connectivity index (χ1) is 7.99. The first-order valence-electron chi connectivity index (χ1n) is 5.94. The lowest BCUT2D eigenvalue weighted by atomic mass is 10.1. The molecule has 6 nitrogen and oxygen atoms in total. The van der Waals surface area contributed by atoms with Gasteiger partial charge in [0.2, 0.25) is 20.0 Å². The van der Waals surface area contributed by atoms with Crippen LogP contribution in [0.3, 0.4) is 0 Å². The van der Waals surface area contributed by atoms with E-state index in [0.717, 1.165) is 10.6 Å². The Balaban J connectivity index is 5.53. The zero-order chi connectivity index (χ0) is 15.9. The van der Waals surface area contributed by atoms with Gasteiger partial charge in [-0.15, -0.1) is 0 Å². The summed E-state index contributed by atoms with van der Waals surface area (Å²) in [5, 5.41) is 0. The highest BCUT2D eigenvalue weighted by atomic mass is 32.2. The molecule has 0 aromatic rings. The molecule has 19 heavy (non-hydrogen) atoms. The van der Waals surface area contributed by atoms with Gasteiger partial charge in [0.05, 0.1) is 6.26 Å². The average molecular weight is 314 g/mol. The second kappa shape index (κ2) is 5.31. The van der Waals surface area contributed by atoms with Crippen LogP contribution in [0.25, 0.3) is 0 Å². The highest BCUT2D eigenvalue weighted by molar-refractivity contribution is 7.92. The fourth-order valence-electron chi connectivity index (χ4n) is 1.44. The molecule has 0 saturated heterocycles. The van der Waals surface area contributed by atoms with E-state index in [2.05, 4.69) is 0 Å². The summed E-state index contributed by atoms with van der Waals surface area (Å²) in [5.41, 5.74) is -1.39. The molecule has 0 unspecified atom stereocenters. The molecular formula is C11H26N2O4S2. The van der Waals surface area contributed by atoms with Crippen LogP contribution in [0, 0.1) is 0 Å². The topological polar surface area (TPSA) is 74.8 Å². The van der Waals surface area contributed by atoms with E-state index in [1.165, 1.54) is 11.4 Å². The van der Waals surface area contributed by atoms with Crippen LogP contribution in [0.2, 0.25) is 0 Å². The summed E-state index contributed by atoms with van der Waals surface area (Å²) < 4.78 is 50.3. The molecule has 0 aromatic carbocycles. The van der Waals surface area contributed by atoms with Crippen molar-refractivity contribution in [3.63, 3.8) is 0 Å². The van der Waals surface area contributed by atoms with Gasteiger partial charge in [-0.25, -0.2) is 16.8 Å². The van der Waals surface area contributed by atoms with E-state index in [4.69, 9.17) is 0 Å². The SMILES string of the molecule is CN(C(C)(C)C)S(=O)(=O)CN(C(C)(C)C)S(C)(=O)=O. The summed E-state index contributed by atoms with van der Waals surface area (Å²) >= 11 is 0. The van der Waals surface area contributed by atoms with Gasteiger partial charge in [0.15, 0.2) is 0 Å². The Morgan fingerprint density at radius 2 is 1.21 bits per heavy atom. The van der Waals surface area contributed by atoms with E-state index in [-0.39, 0.29) is 0 Å². The van der Waals surface area contributed by atoms with Crippen molar-refractivity contribution in [1.82, 2.24) is 8.61 Å². The molecule has 0 amide bonds. The monoisotopic (exact) mass is 314 g/mol. The van der Waals surface area contributed by atoms with Crippen molar-refractivity contribution in [2.24, 2.45) is 0 Å². The summed E-state index contributed by atoms with van der Waals surface area (Å²) in [7, 11) is -5.85. The Morgan fingerprint density at radius 3 is 1.42 bits per heavy atom. The summed E-state index contributed by atoms with van der Waals surface area (Å²) in [6.07, 6.45) is 1.02. The summed E-state index contributed by atoms with van der Waals surface area (Å²) in [6.45, 7) is 10.3. The van der Waals surface area contributed by atoms with Gasteiger partial charge in [-0.1, -0.05) is 0 Å². The van der Waals surface area contributed by atoms with E-state index < -0.39 is 37.0 Å². The zero-order valence-electron chi connectivity index (χ0n) is 13.1. The van der Waals surface area contributed by atoms with Crippen molar-refractivity contribution in [3.8, 4) is 0 Å². The molecule has 116 valence electrons. The molecule has 0 aliphatic heterocycles. The molecule has 0 saturated carbocycles. The number of hydrogen-bond acceptors (Lipinski definition) is 4. The van der Waals surface area contributed by atoms with Crippen LogP contribution in [-0.4, -0.2) is 55.7 Å². The van der Waals surface area contributed by atoms with E-state index in [0.29, 0.717) is 0 Å². The predicted octanol–water partition coefficient (Wildman–Crippen LogP) is 1.06. The Kier molecular flexibility index (Phi) is 5.26. The van der Waals surface area contributed by atoms with Crippen molar-refractivity contribution >= 4 is 20.0 Å². The molecule has 0 aliphatic rings. The third-order valence-corrected chi connectivity index (χ3v) is 6.40. The Bertz CT molecular complexity index is 510. The van der Waals surface area contributed by atoms with E-state index in [1.807, 2.05) is 0 Å². The third kappa shape index (κ3) is 5.37. The van der Waals surface area contributed by atoms with Crippen LogP contribution in [0.5, 0.6) is 0 Å². The maximum absolute atomic E-state index is 12.3. The lowest BCUT2D eigenvalue weighted by Crippen LogP contribution is -2.52. The minimum Gasteiger partial charge on any atom is -0.212 e. The average Bonchev–Trinajstić information content (AvgIpc) is 2.08. The number of nitrogens with zero attached hydrogens (tertiary/aromatic N) is 2. The van der Waals surface area contributed by atoms with Crippen LogP contribution in [0.4, 0.5) is 0 Å². The van der Waals surface area contributed by atoms with Gasteiger partial charge in [-0.05, 0) is 41.5 Å². The summed E-state index contributed by atoms with van der Waals surface area (Å²) in [5.74, 6) is -0.552. The van der Waals surface area contributed by atoms with Gasteiger partial charge in [0.25, 0.3) is 0 Å². The van der Waals surface area contributed by atoms with Gasteiger partial charge in [-0.3, -0.25) is 0 Å². The molecule has 0 fully saturated rings. The summed E-state index contributed by atoms with van der Waals surface area (Å²) in [6, 6.07) is 0. The highest BCUT2D eigenvalue weighted by Crippen LogP contribution is 2.22. The smallest absolute Gasteiger partial charge is 0.212 e. The van der Waals surface area contributed by atoms with Gasteiger partial charge < -0.3 is 0 Å². The van der Waals surface area contributed by atoms with Crippen molar-refractivity contribution in [2.75, 3.05) is 19.2 Å². The molecule has 0 aliphatic carbocycles. The van der Waals surface area contributed by atoms with Gasteiger partial charge in [-0.2, -0.15) is 8.61 Å². The minimum atomic E-state index is -3.70. The lowest BCUT2D eigenvalue weighted by molar-refractivity contribution is 0.255. The molecule has 0 heterocycles. The number of hydrogen-bond donors (Lipinski definition) is 0. The summed E-state index contributed by atoms with van der Waals surface area (Å²) in [4.78, 5) is 0. The fraction of sp³-hybridized carbons (Fsp3) is 1.00. The normalized spacial score (nSPS) is 15.3. The second-order valence-electron chi connectivity index (χ2n) is 6.66. The largest absolute Gasteiger partial charge is 0.228 e. The quantitative estimate of drug-likeness (QED) is 0.778. The molecule has 0 spiro atoms. The second-order valence-corrected chi connectivity index (χ2v) is 10.5. The molecule has 0 N–H and O–H groups in total. The van der Waals surface area contributed by atoms with E-state index >= 15 is 0 Å². The van der Waals surface area contributed by atoms with E-state index in [1.54, 1.807) is 41.5 Å². The first-order valence-corrected chi connectivity index (χ1v) is 9.40. The van der Waals surface area contributed by atoms with Crippen molar-refractivity contribution in [2.45, 2.75) is 52.6 Å². The third-order valence-electron chi connectivity index (χ3n) is 2.79. The van der Waals surface area contributed by atoms with Crippen LogP contribution in [0.1, 0.15) is 41.5 Å². The maximum atomic E-state index is 12.3. The van der Waals surface area contributed by atoms with Crippen LogP contribution in [0.15, 0.2) is 0 Å². The van der Waals surface area contributed by atoms with E-state index in [9.17, 15) is 16.8 Å². The Morgan fingerprint density at radius 1 is 0.842 bits per heavy atom. The van der Waals surface area contributed by atoms with Gasteiger partial charge in [0.1, 0.15) is 5.88 Å².